The summed E-state index contributed by atoms with van der Waals surface area (Å²) in [5.41, 5.74) is -0.530. The summed E-state index contributed by atoms with van der Waals surface area (Å²) in [4.78, 5) is 25.8. The lowest BCUT2D eigenvalue weighted by Crippen LogP contribution is -2.70. The summed E-state index contributed by atoms with van der Waals surface area (Å²) < 4.78 is 18.4. The highest BCUT2D eigenvalue weighted by atomic mass is 32.2. The average Bonchev–Trinajstić information content (AvgIpc) is 2.95. The minimum Gasteiger partial charge on any atom is -0.449 e. The molecule has 4 saturated heterocycles. The Bertz CT molecular complexity index is 633. The van der Waals surface area contributed by atoms with Crippen molar-refractivity contribution >= 4 is 17.9 Å². The molecule has 0 aromatic heterocycles. The van der Waals surface area contributed by atoms with E-state index in [9.17, 15) is 4.79 Å². The first-order chi connectivity index (χ1) is 14.3. The molecule has 0 aromatic rings. The number of thioether (sulfide) groups is 1. The Kier molecular flexibility index (Phi) is 6.62. The molecule has 1 amide bonds. The van der Waals surface area contributed by atoms with Gasteiger partial charge in [0.15, 0.2) is 11.9 Å². The molecule has 30 heavy (non-hydrogen) atoms. The Morgan fingerprint density at radius 1 is 1.13 bits per heavy atom. The molecule has 1 spiro atoms. The molecular formula is C22H37NO6S. The van der Waals surface area contributed by atoms with Gasteiger partial charge in [-0.05, 0) is 57.8 Å². The van der Waals surface area contributed by atoms with Gasteiger partial charge in [0.2, 0.25) is 5.79 Å². The third-order valence-electron chi connectivity index (χ3n) is 7.71. The largest absolute Gasteiger partial charge is 0.449 e. The van der Waals surface area contributed by atoms with Crippen molar-refractivity contribution in [3.8, 4) is 0 Å². The number of carbonyl (C=O) groups excluding carboxylic acids is 1. The van der Waals surface area contributed by atoms with Crippen LogP contribution in [0.1, 0.15) is 60.3 Å². The Labute approximate surface area is 184 Å². The molecule has 4 aliphatic heterocycles. The molecule has 172 valence electrons. The monoisotopic (exact) mass is 443 g/mol. The quantitative estimate of drug-likeness (QED) is 0.445. The Hall–Kier alpha value is -0.540. The molecule has 4 heterocycles. The van der Waals surface area contributed by atoms with Crippen molar-refractivity contribution in [3.63, 3.8) is 0 Å². The highest BCUT2D eigenvalue weighted by Gasteiger charge is 2.69. The molecule has 5 aliphatic rings. The van der Waals surface area contributed by atoms with Crippen LogP contribution in [0.25, 0.3) is 0 Å². The molecule has 8 heteroatoms. The van der Waals surface area contributed by atoms with Crippen LogP contribution < -0.4 is 0 Å². The topological polar surface area (TPSA) is 66.5 Å². The molecule has 7 nitrogen and oxygen atoms in total. The molecule has 8 atom stereocenters. The van der Waals surface area contributed by atoms with Gasteiger partial charge in [-0.1, -0.05) is 13.8 Å². The Morgan fingerprint density at radius 3 is 2.63 bits per heavy atom. The predicted octanol–water partition coefficient (Wildman–Crippen LogP) is 4.41. The third-order valence-corrected chi connectivity index (χ3v) is 8.98. The number of hydrogen-bond donors (Lipinski definition) is 0. The van der Waals surface area contributed by atoms with Crippen LogP contribution in [0.3, 0.4) is 0 Å². The van der Waals surface area contributed by atoms with Crippen molar-refractivity contribution < 1.29 is 28.8 Å². The first-order valence-electron chi connectivity index (χ1n) is 11.6. The zero-order valence-electron chi connectivity index (χ0n) is 18.9. The summed E-state index contributed by atoms with van der Waals surface area (Å²) in [5.74, 6) is 1.53. The maximum Gasteiger partial charge on any atom is 0.409 e. The first-order valence-corrected chi connectivity index (χ1v) is 12.6. The lowest BCUT2D eigenvalue weighted by Gasteiger charge is -2.60. The second-order valence-corrected chi connectivity index (χ2v) is 10.6. The van der Waals surface area contributed by atoms with Gasteiger partial charge in [0.1, 0.15) is 12.0 Å². The summed E-state index contributed by atoms with van der Waals surface area (Å²) in [7, 11) is 0. The lowest BCUT2D eigenvalue weighted by molar-refractivity contribution is -0.568. The van der Waals surface area contributed by atoms with E-state index in [1.54, 1.807) is 16.7 Å². The van der Waals surface area contributed by atoms with Gasteiger partial charge in [0.25, 0.3) is 0 Å². The van der Waals surface area contributed by atoms with E-state index in [-0.39, 0.29) is 11.5 Å². The Morgan fingerprint density at radius 2 is 1.90 bits per heavy atom. The van der Waals surface area contributed by atoms with E-state index >= 15 is 0 Å². The lowest BCUT2D eigenvalue weighted by atomic mass is 9.58. The highest BCUT2D eigenvalue weighted by Crippen LogP contribution is 2.61. The van der Waals surface area contributed by atoms with Gasteiger partial charge in [-0.3, -0.25) is 0 Å². The predicted molar refractivity (Wildman–Crippen MR) is 114 cm³/mol. The average molecular weight is 444 g/mol. The van der Waals surface area contributed by atoms with Crippen LogP contribution in [0.15, 0.2) is 0 Å². The van der Waals surface area contributed by atoms with E-state index in [4.69, 9.17) is 24.0 Å². The number of ether oxygens (including phenoxy) is 3. The summed E-state index contributed by atoms with van der Waals surface area (Å²) in [6.07, 6.45) is 3.50. The van der Waals surface area contributed by atoms with Gasteiger partial charge in [-0.15, -0.1) is 11.8 Å². The molecule has 5 rings (SSSR count). The van der Waals surface area contributed by atoms with E-state index in [2.05, 4.69) is 13.8 Å². The number of nitrogens with zero attached hydrogens (tertiary/aromatic N) is 1. The van der Waals surface area contributed by atoms with Crippen LogP contribution in [-0.4, -0.2) is 59.6 Å². The number of fused-ring (bicyclic) bond motifs is 2. The smallest absolute Gasteiger partial charge is 0.409 e. The van der Waals surface area contributed by atoms with Crippen molar-refractivity contribution in [2.24, 2.45) is 23.7 Å². The van der Waals surface area contributed by atoms with Crippen LogP contribution in [0.2, 0.25) is 0 Å². The fraction of sp³-hybridized carbons (Fsp3) is 0.955. The molecule has 5 fully saturated rings. The zero-order valence-corrected chi connectivity index (χ0v) is 19.7. The fourth-order valence-corrected chi connectivity index (χ4v) is 7.01. The maximum atomic E-state index is 12.1. The molecule has 2 bridgehead atoms. The number of carbonyl (C=O) groups is 1. The van der Waals surface area contributed by atoms with Gasteiger partial charge >= 0.3 is 6.09 Å². The first kappa shape index (κ1) is 22.6. The van der Waals surface area contributed by atoms with Crippen molar-refractivity contribution in [2.75, 3.05) is 25.4 Å². The molecule has 0 radical (unpaired) electrons. The third kappa shape index (κ3) is 3.76. The fourth-order valence-electron chi connectivity index (χ4n) is 5.93. The normalized spacial score (nSPS) is 44.8. The summed E-state index contributed by atoms with van der Waals surface area (Å²) in [5, 5.41) is 0. The van der Waals surface area contributed by atoms with Crippen molar-refractivity contribution in [2.45, 2.75) is 83.4 Å². The summed E-state index contributed by atoms with van der Waals surface area (Å²) >= 11 is 1.71. The van der Waals surface area contributed by atoms with Gasteiger partial charge in [0.05, 0.1) is 0 Å². The van der Waals surface area contributed by atoms with Crippen LogP contribution >= 0.6 is 11.8 Å². The molecular weight excluding hydrogens is 406 g/mol. The zero-order chi connectivity index (χ0) is 21.5. The molecule has 0 unspecified atom stereocenters. The van der Waals surface area contributed by atoms with Crippen molar-refractivity contribution in [1.82, 2.24) is 4.90 Å². The van der Waals surface area contributed by atoms with E-state index in [1.165, 1.54) is 6.42 Å². The second-order valence-electron chi connectivity index (χ2n) is 9.43. The molecule has 1 aliphatic carbocycles. The van der Waals surface area contributed by atoms with E-state index in [0.717, 1.165) is 19.3 Å². The Balaban J connectivity index is 1.42. The van der Waals surface area contributed by atoms with Gasteiger partial charge in [-0.2, -0.15) is 0 Å². The van der Waals surface area contributed by atoms with Crippen molar-refractivity contribution in [3.05, 3.63) is 0 Å². The van der Waals surface area contributed by atoms with Crippen LogP contribution in [0, 0.1) is 23.7 Å². The van der Waals surface area contributed by atoms with Crippen molar-refractivity contribution in [1.29, 1.82) is 0 Å². The molecule has 1 saturated carbocycles. The van der Waals surface area contributed by atoms with E-state index in [0.29, 0.717) is 49.1 Å². The van der Waals surface area contributed by atoms with Gasteiger partial charge in [-0.25, -0.2) is 14.6 Å². The highest BCUT2D eigenvalue weighted by molar-refractivity contribution is 7.99. The van der Waals surface area contributed by atoms with Crippen LogP contribution in [0.4, 0.5) is 4.79 Å². The summed E-state index contributed by atoms with van der Waals surface area (Å²) in [6, 6.07) is 0. The van der Waals surface area contributed by atoms with Gasteiger partial charge < -0.3 is 19.1 Å². The maximum absolute atomic E-state index is 12.1. The number of rotatable bonds is 6. The molecule has 0 N–H and O–H groups in total. The SMILES string of the molecule is CCN(CC)C(=O)OCCS[C@@H]1O[C@@H]2O[C@@]3(C)CC[C@H]4[C@H](C)CC[C@@H]([C@H]1C)[C@@]24OO3. The van der Waals surface area contributed by atoms with E-state index < -0.39 is 17.7 Å². The minimum absolute atomic E-state index is 0.0154. The van der Waals surface area contributed by atoms with Gasteiger partial charge in [0, 0.05) is 31.2 Å². The number of hydrogen-bond acceptors (Lipinski definition) is 7. The minimum atomic E-state index is -0.743. The van der Waals surface area contributed by atoms with Crippen LogP contribution in [0.5, 0.6) is 0 Å². The van der Waals surface area contributed by atoms with E-state index in [1.807, 2.05) is 20.8 Å². The standard InChI is InChI=1S/C22H37NO6S/c1-6-23(7-2)20(24)25-12-13-30-18-15(4)17-9-8-14(3)16-10-11-21(5)27-19(26-18)22(16,17)29-28-21/h14-19H,6-13H2,1-5H3/t14-,15-,16+,17+,18+,19-,21-,22-/m1/s1. The van der Waals surface area contributed by atoms with Crippen LogP contribution in [-0.2, 0) is 24.0 Å². The number of amides is 1. The second kappa shape index (κ2) is 8.77. The summed E-state index contributed by atoms with van der Waals surface area (Å²) in [6.45, 7) is 12.1. The molecule has 0 aromatic carbocycles.